The molecule has 0 radical (unpaired) electrons. The monoisotopic (exact) mass is 329 g/mol. The van der Waals surface area contributed by atoms with E-state index < -0.39 is 0 Å². The second-order valence-electron chi connectivity index (χ2n) is 6.12. The lowest BCUT2D eigenvalue weighted by Crippen LogP contribution is -2.15. The molecule has 0 fully saturated rings. The zero-order valence-corrected chi connectivity index (χ0v) is 14.8. The van der Waals surface area contributed by atoms with Crippen molar-refractivity contribution in [2.24, 2.45) is 0 Å². The van der Waals surface area contributed by atoms with Crippen molar-refractivity contribution in [1.82, 2.24) is 14.7 Å². The lowest BCUT2D eigenvalue weighted by atomic mass is 10.1. The van der Waals surface area contributed by atoms with Crippen LogP contribution in [0.2, 0.25) is 0 Å². The van der Waals surface area contributed by atoms with Crippen LogP contribution in [-0.2, 0) is 6.54 Å². The Morgan fingerprint density at radius 1 is 1.04 bits per heavy atom. The Morgan fingerprint density at radius 3 is 2.48 bits per heavy atom. The molecule has 0 spiro atoms. The van der Waals surface area contributed by atoms with Crippen molar-refractivity contribution in [3.05, 3.63) is 54.1 Å². The van der Waals surface area contributed by atoms with E-state index in [0.717, 1.165) is 25.2 Å². The molecule has 122 valence electrons. The van der Waals surface area contributed by atoms with Gasteiger partial charge in [-0.15, -0.1) is 12.4 Å². The first-order valence-electron chi connectivity index (χ1n) is 7.82. The maximum Gasteiger partial charge on any atom is 0.100 e. The summed E-state index contributed by atoms with van der Waals surface area (Å²) in [5.41, 5.74) is 4.77. The third kappa shape index (κ3) is 3.92. The number of fused-ring (bicyclic) bond motifs is 1. The minimum absolute atomic E-state index is 0. The zero-order valence-electron chi connectivity index (χ0n) is 14.0. The van der Waals surface area contributed by atoms with Gasteiger partial charge in [0, 0.05) is 17.5 Å². The van der Waals surface area contributed by atoms with Crippen LogP contribution in [-0.4, -0.2) is 35.3 Å². The fraction of sp³-hybridized carbons (Fsp3) is 0.316. The number of rotatable bonds is 5. The van der Waals surface area contributed by atoms with Crippen molar-refractivity contribution >= 4 is 23.3 Å². The average molecular weight is 330 g/mol. The smallest absolute Gasteiger partial charge is 0.100 e. The molecule has 3 nitrogen and oxygen atoms in total. The van der Waals surface area contributed by atoms with E-state index in [9.17, 15) is 0 Å². The maximum absolute atomic E-state index is 4.90. The molecular weight excluding hydrogens is 306 g/mol. The number of benzene rings is 2. The summed E-state index contributed by atoms with van der Waals surface area (Å²) in [6.07, 6.45) is 1.10. The second kappa shape index (κ2) is 7.62. The van der Waals surface area contributed by atoms with Gasteiger partial charge < -0.3 is 4.90 Å². The number of halogens is 1. The van der Waals surface area contributed by atoms with Crippen molar-refractivity contribution in [3.8, 4) is 11.3 Å². The minimum Gasteiger partial charge on any atom is -0.309 e. The van der Waals surface area contributed by atoms with E-state index in [0.29, 0.717) is 0 Å². The van der Waals surface area contributed by atoms with E-state index >= 15 is 0 Å². The summed E-state index contributed by atoms with van der Waals surface area (Å²) in [7, 11) is 4.22. The van der Waals surface area contributed by atoms with Crippen molar-refractivity contribution in [3.63, 3.8) is 0 Å². The number of hydrogen-bond acceptors (Lipinski definition) is 2. The standard InChI is InChI=1S/C19H23N3.ClH/c1-15-10-11-18-17(14-15)19(16-8-5-4-6-9-16)20-22(18)13-7-12-21(2)3;/h4-6,8-11,14H,7,12-13H2,1-3H3;1H. The van der Waals surface area contributed by atoms with Crippen LogP contribution in [0.25, 0.3) is 22.2 Å². The largest absolute Gasteiger partial charge is 0.309 e. The van der Waals surface area contributed by atoms with Crippen LogP contribution in [0.4, 0.5) is 0 Å². The molecule has 0 saturated carbocycles. The van der Waals surface area contributed by atoms with Crippen LogP contribution < -0.4 is 0 Å². The highest BCUT2D eigenvalue weighted by Gasteiger charge is 2.12. The Labute approximate surface area is 144 Å². The molecular formula is C19H24ClN3. The Morgan fingerprint density at radius 2 is 1.78 bits per heavy atom. The van der Waals surface area contributed by atoms with Gasteiger partial charge in [-0.3, -0.25) is 4.68 Å². The summed E-state index contributed by atoms with van der Waals surface area (Å²) in [4.78, 5) is 2.22. The van der Waals surface area contributed by atoms with Gasteiger partial charge in [0.1, 0.15) is 5.69 Å². The summed E-state index contributed by atoms with van der Waals surface area (Å²) in [5, 5.41) is 6.14. The molecule has 0 unspecified atom stereocenters. The van der Waals surface area contributed by atoms with Crippen LogP contribution in [0.5, 0.6) is 0 Å². The molecule has 4 heteroatoms. The summed E-state index contributed by atoms with van der Waals surface area (Å²) in [6.45, 7) is 4.16. The van der Waals surface area contributed by atoms with E-state index in [1.54, 1.807) is 0 Å². The molecule has 0 saturated heterocycles. The summed E-state index contributed by atoms with van der Waals surface area (Å²) < 4.78 is 2.15. The van der Waals surface area contributed by atoms with Crippen molar-refractivity contribution < 1.29 is 0 Å². The van der Waals surface area contributed by atoms with Gasteiger partial charge in [-0.05, 0) is 46.1 Å². The Kier molecular flexibility index (Phi) is 5.80. The molecule has 0 aliphatic heterocycles. The normalized spacial score (nSPS) is 11.0. The predicted octanol–water partition coefficient (Wildman–Crippen LogP) is 4.39. The molecule has 23 heavy (non-hydrogen) atoms. The molecule has 0 bridgehead atoms. The number of nitrogens with zero attached hydrogens (tertiary/aromatic N) is 3. The first kappa shape index (κ1) is 17.5. The average Bonchev–Trinajstić information content (AvgIpc) is 2.86. The lowest BCUT2D eigenvalue weighted by Gasteiger charge is -2.09. The van der Waals surface area contributed by atoms with Gasteiger partial charge in [-0.2, -0.15) is 5.10 Å². The first-order valence-corrected chi connectivity index (χ1v) is 7.82. The topological polar surface area (TPSA) is 21.1 Å². The number of aromatic nitrogens is 2. The van der Waals surface area contributed by atoms with Crippen LogP contribution >= 0.6 is 12.4 Å². The van der Waals surface area contributed by atoms with E-state index in [1.807, 2.05) is 6.07 Å². The quantitative estimate of drug-likeness (QED) is 0.692. The first-order chi connectivity index (χ1) is 10.6. The lowest BCUT2D eigenvalue weighted by molar-refractivity contribution is 0.383. The molecule has 1 aromatic heterocycles. The zero-order chi connectivity index (χ0) is 15.5. The van der Waals surface area contributed by atoms with Gasteiger partial charge in [0.2, 0.25) is 0 Å². The van der Waals surface area contributed by atoms with E-state index in [4.69, 9.17) is 5.10 Å². The van der Waals surface area contributed by atoms with Gasteiger partial charge in [0.15, 0.2) is 0 Å². The molecule has 0 aliphatic carbocycles. The van der Waals surface area contributed by atoms with Gasteiger partial charge in [-0.25, -0.2) is 0 Å². The highest BCUT2D eigenvalue weighted by atomic mass is 35.5. The van der Waals surface area contributed by atoms with Gasteiger partial charge in [0.25, 0.3) is 0 Å². The Hall–Kier alpha value is -1.84. The van der Waals surface area contributed by atoms with Crippen molar-refractivity contribution in [2.75, 3.05) is 20.6 Å². The third-order valence-corrected chi connectivity index (χ3v) is 3.93. The fourth-order valence-electron chi connectivity index (χ4n) is 2.81. The number of hydrogen-bond donors (Lipinski definition) is 0. The molecule has 3 aromatic rings. The van der Waals surface area contributed by atoms with Crippen molar-refractivity contribution in [2.45, 2.75) is 19.9 Å². The van der Waals surface area contributed by atoms with Crippen LogP contribution in [0.3, 0.4) is 0 Å². The Bertz CT molecular complexity index is 763. The van der Waals surface area contributed by atoms with E-state index in [-0.39, 0.29) is 12.4 Å². The maximum atomic E-state index is 4.90. The highest BCUT2D eigenvalue weighted by Crippen LogP contribution is 2.28. The molecule has 2 aromatic carbocycles. The van der Waals surface area contributed by atoms with Crippen molar-refractivity contribution in [1.29, 1.82) is 0 Å². The number of aryl methyl sites for hydroxylation is 2. The molecule has 0 N–H and O–H groups in total. The highest BCUT2D eigenvalue weighted by molar-refractivity contribution is 5.93. The van der Waals surface area contributed by atoms with E-state index in [2.05, 4.69) is 73.1 Å². The summed E-state index contributed by atoms with van der Waals surface area (Å²) >= 11 is 0. The molecule has 1 heterocycles. The van der Waals surface area contributed by atoms with Crippen LogP contribution in [0.1, 0.15) is 12.0 Å². The molecule has 0 atom stereocenters. The van der Waals surface area contributed by atoms with Gasteiger partial charge >= 0.3 is 0 Å². The second-order valence-corrected chi connectivity index (χ2v) is 6.12. The summed E-state index contributed by atoms with van der Waals surface area (Å²) in [6, 6.07) is 17.1. The third-order valence-electron chi connectivity index (χ3n) is 3.93. The van der Waals surface area contributed by atoms with Crippen LogP contribution in [0.15, 0.2) is 48.5 Å². The predicted molar refractivity (Wildman–Crippen MR) is 100 cm³/mol. The summed E-state index contributed by atoms with van der Waals surface area (Å²) in [5.74, 6) is 0. The minimum atomic E-state index is 0. The van der Waals surface area contributed by atoms with E-state index in [1.165, 1.54) is 22.0 Å². The molecule has 3 rings (SSSR count). The fourth-order valence-corrected chi connectivity index (χ4v) is 2.81. The Balaban J connectivity index is 0.00000192. The molecule has 0 amide bonds. The van der Waals surface area contributed by atoms with Crippen LogP contribution in [0, 0.1) is 6.92 Å². The van der Waals surface area contributed by atoms with Gasteiger partial charge in [-0.1, -0.05) is 42.0 Å². The molecule has 0 aliphatic rings. The van der Waals surface area contributed by atoms with Gasteiger partial charge in [0.05, 0.1) is 5.52 Å². The SMILES string of the molecule is Cc1ccc2c(c1)c(-c1ccccc1)nn2CCCN(C)C.Cl.